The zero-order chi connectivity index (χ0) is 18.8. The van der Waals surface area contributed by atoms with E-state index in [1.54, 1.807) is 37.3 Å². The van der Waals surface area contributed by atoms with Gasteiger partial charge in [0.15, 0.2) is 0 Å². The van der Waals surface area contributed by atoms with Gasteiger partial charge in [-0.05, 0) is 43.2 Å². The molecule has 1 N–H and O–H groups in total. The third-order valence-corrected chi connectivity index (χ3v) is 4.41. The molecule has 0 saturated carbocycles. The molecule has 0 fully saturated rings. The van der Waals surface area contributed by atoms with E-state index >= 15 is 0 Å². The summed E-state index contributed by atoms with van der Waals surface area (Å²) in [5, 5.41) is 2.67. The van der Waals surface area contributed by atoms with Crippen molar-refractivity contribution >= 4 is 17.7 Å². The van der Waals surface area contributed by atoms with Crippen LogP contribution in [0.25, 0.3) is 0 Å². The van der Waals surface area contributed by atoms with Crippen LogP contribution in [-0.2, 0) is 11.3 Å². The van der Waals surface area contributed by atoms with Crippen LogP contribution in [0.1, 0.15) is 43.8 Å². The second-order valence-corrected chi connectivity index (χ2v) is 6.42. The van der Waals surface area contributed by atoms with Crippen molar-refractivity contribution in [2.75, 3.05) is 6.54 Å². The van der Waals surface area contributed by atoms with E-state index in [4.69, 9.17) is 0 Å². The zero-order valence-electron chi connectivity index (χ0n) is 14.6. The van der Waals surface area contributed by atoms with Crippen LogP contribution in [0.15, 0.2) is 36.4 Å². The molecule has 0 unspecified atom stereocenters. The molecule has 3 amide bonds. The van der Waals surface area contributed by atoms with Crippen LogP contribution in [0, 0.1) is 19.7 Å². The van der Waals surface area contributed by atoms with Gasteiger partial charge >= 0.3 is 0 Å². The number of hydrogen-bond acceptors (Lipinski definition) is 3. The number of hydrogen-bond donors (Lipinski definition) is 1. The van der Waals surface area contributed by atoms with Crippen LogP contribution in [0.3, 0.4) is 0 Å². The Morgan fingerprint density at radius 1 is 1.04 bits per heavy atom. The van der Waals surface area contributed by atoms with Gasteiger partial charge < -0.3 is 5.32 Å². The number of carbonyl (C=O) groups is 3. The van der Waals surface area contributed by atoms with Crippen LogP contribution in [0.5, 0.6) is 0 Å². The zero-order valence-corrected chi connectivity index (χ0v) is 14.6. The van der Waals surface area contributed by atoms with Gasteiger partial charge in [-0.3, -0.25) is 19.3 Å². The van der Waals surface area contributed by atoms with E-state index in [9.17, 15) is 18.8 Å². The van der Waals surface area contributed by atoms with Gasteiger partial charge in [-0.15, -0.1) is 0 Å². The van der Waals surface area contributed by atoms with E-state index in [1.165, 1.54) is 6.07 Å². The molecular weight excluding hydrogens is 335 g/mol. The summed E-state index contributed by atoms with van der Waals surface area (Å²) >= 11 is 0. The summed E-state index contributed by atoms with van der Waals surface area (Å²) in [6.45, 7) is 3.72. The van der Waals surface area contributed by atoms with Crippen LogP contribution in [0.4, 0.5) is 4.39 Å². The minimum Gasteiger partial charge on any atom is -0.352 e. The molecule has 26 heavy (non-hydrogen) atoms. The first-order chi connectivity index (χ1) is 12.4. The molecule has 0 spiro atoms. The van der Waals surface area contributed by atoms with Crippen molar-refractivity contribution in [3.63, 3.8) is 0 Å². The first-order valence-corrected chi connectivity index (χ1v) is 8.35. The molecule has 0 atom stereocenters. The normalized spacial score (nSPS) is 13.1. The average molecular weight is 354 g/mol. The van der Waals surface area contributed by atoms with E-state index in [2.05, 4.69) is 5.32 Å². The minimum atomic E-state index is -0.376. The van der Waals surface area contributed by atoms with Crippen molar-refractivity contribution in [2.24, 2.45) is 0 Å². The van der Waals surface area contributed by atoms with E-state index in [0.29, 0.717) is 22.3 Å². The molecule has 1 heterocycles. The summed E-state index contributed by atoms with van der Waals surface area (Å²) in [4.78, 5) is 37.8. The smallest absolute Gasteiger partial charge is 0.261 e. The quantitative estimate of drug-likeness (QED) is 0.840. The van der Waals surface area contributed by atoms with E-state index in [0.717, 1.165) is 10.5 Å². The lowest BCUT2D eigenvalue weighted by molar-refractivity contribution is -0.121. The molecule has 3 rings (SSSR count). The molecule has 0 saturated heterocycles. The summed E-state index contributed by atoms with van der Waals surface area (Å²) in [5.41, 5.74) is 2.84. The van der Waals surface area contributed by atoms with Crippen molar-refractivity contribution in [3.8, 4) is 0 Å². The summed E-state index contributed by atoms with van der Waals surface area (Å²) in [5.74, 6) is -1.38. The Bertz CT molecular complexity index is 908. The Hall–Kier alpha value is -3.02. The molecule has 2 aromatic rings. The molecule has 134 valence electrons. The monoisotopic (exact) mass is 354 g/mol. The van der Waals surface area contributed by atoms with Crippen molar-refractivity contribution in [1.29, 1.82) is 0 Å². The maximum Gasteiger partial charge on any atom is 0.261 e. The van der Waals surface area contributed by atoms with Crippen LogP contribution in [-0.4, -0.2) is 29.2 Å². The predicted octanol–water partition coefficient (Wildman–Crippen LogP) is 2.75. The number of halogens is 1. The van der Waals surface area contributed by atoms with Crippen molar-refractivity contribution in [3.05, 3.63) is 70.0 Å². The fourth-order valence-electron chi connectivity index (χ4n) is 2.86. The molecule has 2 aromatic carbocycles. The Morgan fingerprint density at radius 3 is 2.50 bits per heavy atom. The van der Waals surface area contributed by atoms with E-state index in [1.807, 2.05) is 6.92 Å². The lowest BCUT2D eigenvalue weighted by Gasteiger charge is -2.13. The average Bonchev–Trinajstić information content (AvgIpc) is 2.84. The summed E-state index contributed by atoms with van der Waals surface area (Å²) in [7, 11) is 0. The highest BCUT2D eigenvalue weighted by Gasteiger charge is 2.35. The topological polar surface area (TPSA) is 66.5 Å². The second kappa shape index (κ2) is 7.07. The van der Waals surface area contributed by atoms with Crippen LogP contribution < -0.4 is 5.32 Å². The summed E-state index contributed by atoms with van der Waals surface area (Å²) < 4.78 is 13.5. The standard InChI is InChI=1S/C20H19FN2O3/c1-12-3-6-15-16(9-12)20(26)23(19(15)25)8-7-18(24)22-11-14-5-4-13(2)17(21)10-14/h3-6,9-10H,7-8,11H2,1-2H3,(H,22,24). The van der Waals surface area contributed by atoms with Gasteiger partial charge in [-0.1, -0.05) is 23.8 Å². The third kappa shape index (κ3) is 3.49. The molecular formula is C20H19FN2O3. The summed E-state index contributed by atoms with van der Waals surface area (Å²) in [6.07, 6.45) is -0.00120. The number of rotatable bonds is 5. The van der Waals surface area contributed by atoms with Gasteiger partial charge in [-0.25, -0.2) is 4.39 Å². The lowest BCUT2D eigenvalue weighted by Crippen LogP contribution is -2.34. The number of fused-ring (bicyclic) bond motifs is 1. The molecule has 1 aliphatic heterocycles. The molecule has 5 nitrogen and oxygen atoms in total. The Labute approximate surface area is 150 Å². The SMILES string of the molecule is Cc1ccc2c(c1)C(=O)N(CCC(=O)NCc1ccc(C)c(F)c1)C2=O. The largest absolute Gasteiger partial charge is 0.352 e. The van der Waals surface area contributed by atoms with Gasteiger partial charge in [0.2, 0.25) is 5.91 Å². The highest BCUT2D eigenvalue weighted by atomic mass is 19.1. The van der Waals surface area contributed by atoms with Gasteiger partial charge in [0.1, 0.15) is 5.82 Å². The Balaban J connectivity index is 1.56. The molecule has 0 aliphatic carbocycles. The van der Waals surface area contributed by atoms with Gasteiger partial charge in [0.05, 0.1) is 11.1 Å². The molecule has 0 aromatic heterocycles. The molecule has 6 heteroatoms. The third-order valence-electron chi connectivity index (χ3n) is 4.41. The number of nitrogens with one attached hydrogen (secondary N) is 1. The maximum atomic E-state index is 13.5. The Morgan fingerprint density at radius 2 is 1.77 bits per heavy atom. The highest BCUT2D eigenvalue weighted by molar-refractivity contribution is 6.21. The second-order valence-electron chi connectivity index (χ2n) is 6.42. The number of nitrogens with zero attached hydrogens (tertiary/aromatic N) is 1. The van der Waals surface area contributed by atoms with Crippen LogP contribution >= 0.6 is 0 Å². The molecule has 0 radical (unpaired) electrons. The first-order valence-electron chi connectivity index (χ1n) is 8.35. The number of amides is 3. The highest BCUT2D eigenvalue weighted by Crippen LogP contribution is 2.23. The first kappa shape index (κ1) is 17.8. The van der Waals surface area contributed by atoms with Gasteiger partial charge in [-0.2, -0.15) is 0 Å². The van der Waals surface area contributed by atoms with Gasteiger partial charge in [0.25, 0.3) is 11.8 Å². The number of benzene rings is 2. The molecule has 0 bridgehead atoms. The number of aryl methyl sites for hydroxylation is 2. The van der Waals surface area contributed by atoms with E-state index < -0.39 is 0 Å². The fraction of sp³-hybridized carbons (Fsp3) is 0.250. The fourth-order valence-corrected chi connectivity index (χ4v) is 2.86. The maximum absolute atomic E-state index is 13.5. The van der Waals surface area contributed by atoms with Crippen LogP contribution in [0.2, 0.25) is 0 Å². The number of carbonyl (C=O) groups excluding carboxylic acids is 3. The molecule has 1 aliphatic rings. The van der Waals surface area contributed by atoms with Crippen molar-refractivity contribution in [2.45, 2.75) is 26.8 Å². The lowest BCUT2D eigenvalue weighted by atomic mass is 10.1. The Kier molecular flexibility index (Phi) is 4.84. The van der Waals surface area contributed by atoms with Crippen molar-refractivity contribution in [1.82, 2.24) is 10.2 Å². The summed E-state index contributed by atoms with van der Waals surface area (Å²) in [6, 6.07) is 9.87. The number of imide groups is 1. The predicted molar refractivity (Wildman–Crippen MR) is 94.1 cm³/mol. The van der Waals surface area contributed by atoms with Crippen molar-refractivity contribution < 1.29 is 18.8 Å². The van der Waals surface area contributed by atoms with Gasteiger partial charge in [0, 0.05) is 19.5 Å². The van der Waals surface area contributed by atoms with E-state index in [-0.39, 0.29) is 43.0 Å². The minimum absolute atomic E-state index is 0.00120.